The molecule has 0 spiro atoms. The molecule has 0 aliphatic carbocycles. The number of nitrogens with zero attached hydrogens (tertiary/aromatic N) is 1. The second-order valence-electron chi connectivity index (χ2n) is 8.05. The lowest BCUT2D eigenvalue weighted by atomic mass is 10.0. The van der Waals surface area contributed by atoms with E-state index >= 15 is 0 Å². The van der Waals surface area contributed by atoms with Crippen LogP contribution in [0.4, 0.5) is 5.69 Å². The van der Waals surface area contributed by atoms with Gasteiger partial charge in [0, 0.05) is 27.9 Å². The molecule has 35 heavy (non-hydrogen) atoms. The fraction of sp³-hybridized carbons (Fsp3) is 0.179. The molecular weight excluding hydrogens is 464 g/mol. The topological polar surface area (TPSA) is 77.4 Å². The number of pyridine rings is 1. The van der Waals surface area contributed by atoms with Crippen LogP contribution in [0, 0.1) is 0 Å². The molecule has 0 saturated heterocycles. The molecule has 0 fully saturated rings. The SMILES string of the molecule is CCOc1ccc(NC(=O)Cn2cc(C(=O)c3ccc(CC)cc3)c(=O)c3cc(Cl)ccc32)cc1. The van der Waals surface area contributed by atoms with Gasteiger partial charge in [-0.05, 0) is 61.4 Å². The number of rotatable bonds is 8. The Balaban J connectivity index is 1.68. The van der Waals surface area contributed by atoms with Crippen molar-refractivity contribution in [1.82, 2.24) is 4.57 Å². The molecule has 1 N–H and O–H groups in total. The van der Waals surface area contributed by atoms with Crippen molar-refractivity contribution in [3.8, 4) is 5.75 Å². The quantitative estimate of drug-likeness (QED) is 0.333. The van der Waals surface area contributed by atoms with Crippen molar-refractivity contribution in [2.24, 2.45) is 0 Å². The lowest BCUT2D eigenvalue weighted by molar-refractivity contribution is -0.116. The average molecular weight is 489 g/mol. The van der Waals surface area contributed by atoms with Crippen LogP contribution in [0.15, 0.2) is 77.7 Å². The summed E-state index contributed by atoms with van der Waals surface area (Å²) in [5.41, 5.74) is 2.19. The number of amides is 1. The molecule has 1 amide bonds. The number of hydrogen-bond acceptors (Lipinski definition) is 4. The second kappa shape index (κ2) is 10.6. The molecule has 1 aromatic heterocycles. The zero-order chi connectivity index (χ0) is 24.9. The zero-order valence-electron chi connectivity index (χ0n) is 19.5. The van der Waals surface area contributed by atoms with E-state index in [9.17, 15) is 14.4 Å². The number of hydrogen-bond donors (Lipinski definition) is 1. The summed E-state index contributed by atoms with van der Waals surface area (Å²) >= 11 is 6.15. The predicted octanol–water partition coefficient (Wildman–Crippen LogP) is 5.49. The largest absolute Gasteiger partial charge is 0.494 e. The summed E-state index contributed by atoms with van der Waals surface area (Å²) in [6, 6.07) is 19.1. The normalized spacial score (nSPS) is 10.8. The third-order valence-corrected chi connectivity index (χ3v) is 5.91. The molecule has 7 heteroatoms. The molecule has 1 heterocycles. The van der Waals surface area contributed by atoms with E-state index in [-0.39, 0.29) is 23.4 Å². The summed E-state index contributed by atoms with van der Waals surface area (Å²) in [5, 5.41) is 3.49. The van der Waals surface area contributed by atoms with Crippen molar-refractivity contribution in [3.63, 3.8) is 0 Å². The summed E-state index contributed by atoms with van der Waals surface area (Å²) in [6.45, 7) is 4.39. The number of benzene rings is 3. The second-order valence-corrected chi connectivity index (χ2v) is 8.48. The predicted molar refractivity (Wildman–Crippen MR) is 139 cm³/mol. The average Bonchev–Trinajstić information content (AvgIpc) is 2.86. The van der Waals surface area contributed by atoms with Gasteiger partial charge < -0.3 is 14.6 Å². The highest BCUT2D eigenvalue weighted by Crippen LogP contribution is 2.20. The van der Waals surface area contributed by atoms with Crippen molar-refractivity contribution < 1.29 is 14.3 Å². The molecule has 178 valence electrons. The number of aromatic nitrogens is 1. The van der Waals surface area contributed by atoms with Crippen LogP contribution >= 0.6 is 11.6 Å². The van der Waals surface area contributed by atoms with Gasteiger partial charge in [0.05, 0.1) is 17.7 Å². The van der Waals surface area contributed by atoms with Crippen LogP contribution in [-0.2, 0) is 17.8 Å². The third-order valence-electron chi connectivity index (χ3n) is 5.67. The first kappa shape index (κ1) is 24.2. The molecule has 0 unspecified atom stereocenters. The number of aryl methyl sites for hydroxylation is 1. The Morgan fingerprint density at radius 2 is 1.69 bits per heavy atom. The number of ketones is 1. The monoisotopic (exact) mass is 488 g/mol. The minimum atomic E-state index is -0.421. The van der Waals surface area contributed by atoms with Gasteiger partial charge in [0.15, 0.2) is 5.78 Å². The van der Waals surface area contributed by atoms with Gasteiger partial charge in [0.1, 0.15) is 12.3 Å². The maximum Gasteiger partial charge on any atom is 0.244 e. The molecule has 6 nitrogen and oxygen atoms in total. The van der Waals surface area contributed by atoms with Crippen LogP contribution < -0.4 is 15.5 Å². The van der Waals surface area contributed by atoms with Gasteiger partial charge in [-0.3, -0.25) is 14.4 Å². The van der Waals surface area contributed by atoms with Gasteiger partial charge in [-0.1, -0.05) is 42.8 Å². The van der Waals surface area contributed by atoms with Gasteiger partial charge in [0.25, 0.3) is 0 Å². The van der Waals surface area contributed by atoms with Crippen molar-refractivity contribution in [3.05, 3.63) is 105 Å². The molecule has 0 radical (unpaired) electrons. The van der Waals surface area contributed by atoms with E-state index < -0.39 is 11.2 Å². The number of nitrogens with one attached hydrogen (secondary N) is 1. The first-order chi connectivity index (χ1) is 16.9. The summed E-state index contributed by atoms with van der Waals surface area (Å²) < 4.78 is 7.03. The molecule has 3 aromatic carbocycles. The highest BCUT2D eigenvalue weighted by Gasteiger charge is 2.18. The lowest BCUT2D eigenvalue weighted by Crippen LogP contribution is -2.24. The highest BCUT2D eigenvalue weighted by molar-refractivity contribution is 6.31. The number of carbonyl (C=O) groups is 2. The molecular formula is C28H25ClN2O4. The lowest BCUT2D eigenvalue weighted by Gasteiger charge is -2.14. The van der Waals surface area contributed by atoms with Crippen molar-refractivity contribution >= 4 is 39.9 Å². The fourth-order valence-corrected chi connectivity index (χ4v) is 4.04. The Labute approximate surface area is 208 Å². The van der Waals surface area contributed by atoms with Crippen LogP contribution in [0.1, 0.15) is 35.3 Å². The number of ether oxygens (including phenoxy) is 1. The minimum Gasteiger partial charge on any atom is -0.494 e. The smallest absolute Gasteiger partial charge is 0.244 e. The Morgan fingerprint density at radius 1 is 0.971 bits per heavy atom. The van der Waals surface area contributed by atoms with Crippen molar-refractivity contribution in [1.29, 1.82) is 0 Å². The summed E-state index contributed by atoms with van der Waals surface area (Å²) in [4.78, 5) is 39.3. The van der Waals surface area contributed by atoms with Gasteiger partial charge >= 0.3 is 0 Å². The first-order valence-corrected chi connectivity index (χ1v) is 11.8. The fourth-order valence-electron chi connectivity index (χ4n) is 3.87. The molecule has 4 rings (SSSR count). The Hall–Kier alpha value is -3.90. The van der Waals surface area contributed by atoms with Crippen LogP contribution in [0.25, 0.3) is 10.9 Å². The Morgan fingerprint density at radius 3 is 2.34 bits per heavy atom. The van der Waals surface area contributed by atoms with Crippen molar-refractivity contribution in [2.75, 3.05) is 11.9 Å². The van der Waals surface area contributed by atoms with Crippen LogP contribution in [-0.4, -0.2) is 22.9 Å². The van der Waals surface area contributed by atoms with Crippen LogP contribution in [0.5, 0.6) is 5.75 Å². The van der Waals surface area contributed by atoms with E-state index in [2.05, 4.69) is 5.32 Å². The molecule has 4 aromatic rings. The summed E-state index contributed by atoms with van der Waals surface area (Å²) in [6.07, 6.45) is 2.30. The van der Waals surface area contributed by atoms with E-state index in [1.807, 2.05) is 26.0 Å². The minimum absolute atomic E-state index is 0.0158. The van der Waals surface area contributed by atoms with E-state index in [0.717, 1.165) is 12.0 Å². The summed E-state index contributed by atoms with van der Waals surface area (Å²) in [5.74, 6) is 0.00358. The van der Waals surface area contributed by atoms with Crippen LogP contribution in [0.2, 0.25) is 5.02 Å². The number of anilines is 1. The Bertz CT molecular complexity index is 1440. The van der Waals surface area contributed by atoms with E-state index in [1.54, 1.807) is 53.1 Å². The van der Waals surface area contributed by atoms with E-state index in [1.165, 1.54) is 12.3 Å². The zero-order valence-corrected chi connectivity index (χ0v) is 20.3. The van der Waals surface area contributed by atoms with Gasteiger partial charge in [-0.15, -0.1) is 0 Å². The van der Waals surface area contributed by atoms with Gasteiger partial charge in [-0.2, -0.15) is 0 Å². The highest BCUT2D eigenvalue weighted by atomic mass is 35.5. The Kier molecular flexibility index (Phi) is 7.32. The first-order valence-electron chi connectivity index (χ1n) is 11.4. The molecule has 0 atom stereocenters. The third kappa shape index (κ3) is 5.44. The maximum atomic E-state index is 13.3. The number of carbonyl (C=O) groups excluding carboxylic acids is 2. The van der Waals surface area contributed by atoms with Crippen molar-refractivity contribution in [2.45, 2.75) is 26.8 Å². The molecule has 0 aliphatic heterocycles. The van der Waals surface area contributed by atoms with E-state index in [0.29, 0.717) is 34.1 Å². The maximum absolute atomic E-state index is 13.3. The van der Waals surface area contributed by atoms with E-state index in [4.69, 9.17) is 16.3 Å². The van der Waals surface area contributed by atoms with Crippen LogP contribution in [0.3, 0.4) is 0 Å². The van der Waals surface area contributed by atoms with Gasteiger partial charge in [0.2, 0.25) is 11.3 Å². The molecule has 0 aliphatic rings. The molecule has 0 bridgehead atoms. The molecule has 0 saturated carbocycles. The standard InChI is InChI=1S/C28H25ClN2O4/c1-3-18-5-7-19(8-6-18)27(33)24-16-31(25-14-9-20(29)15-23(25)28(24)34)17-26(32)30-21-10-12-22(13-11-21)35-4-2/h5-16H,3-4,17H2,1-2H3,(H,30,32). The van der Waals surface area contributed by atoms with Gasteiger partial charge in [-0.25, -0.2) is 0 Å². The number of halogens is 1. The number of fused-ring (bicyclic) bond motifs is 1. The summed E-state index contributed by atoms with van der Waals surface area (Å²) in [7, 11) is 0.